The molecule has 0 saturated carbocycles. The predicted octanol–water partition coefficient (Wildman–Crippen LogP) is 5.19. The number of ether oxygens (including phenoxy) is 2. The minimum absolute atomic E-state index is 0.0529. The Labute approximate surface area is 302 Å². The van der Waals surface area contributed by atoms with E-state index in [1.54, 1.807) is 87.5 Å². The number of hydrogen-bond acceptors (Lipinski definition) is 10. The lowest BCUT2D eigenvalue weighted by molar-refractivity contribution is -0.137. The first kappa shape index (κ1) is 36.7. The van der Waals surface area contributed by atoms with E-state index in [-0.39, 0.29) is 22.7 Å². The highest BCUT2D eigenvalue weighted by Crippen LogP contribution is 2.24. The molecule has 4 aromatic carbocycles. The number of anilines is 3. The van der Waals surface area contributed by atoms with Crippen LogP contribution in [0.1, 0.15) is 36.7 Å². The zero-order valence-corrected chi connectivity index (χ0v) is 28.9. The summed E-state index contributed by atoms with van der Waals surface area (Å²) < 4.78 is 11.9. The Bertz CT molecular complexity index is 2050. The van der Waals surface area contributed by atoms with Crippen molar-refractivity contribution < 1.29 is 33.4 Å². The van der Waals surface area contributed by atoms with Gasteiger partial charge in [0.15, 0.2) is 0 Å². The van der Waals surface area contributed by atoms with E-state index in [0.29, 0.717) is 28.4 Å². The monoisotopic (exact) mass is 724 g/mol. The van der Waals surface area contributed by atoms with Crippen molar-refractivity contribution in [2.24, 2.45) is 0 Å². The highest BCUT2D eigenvalue weighted by molar-refractivity contribution is 6.40. The van der Waals surface area contributed by atoms with Gasteiger partial charge in [-0.1, -0.05) is 41.9 Å². The highest BCUT2D eigenvalue weighted by Gasteiger charge is 2.26. The summed E-state index contributed by atoms with van der Waals surface area (Å²) in [6, 6.07) is 24.3. The van der Waals surface area contributed by atoms with Crippen LogP contribution in [0.4, 0.5) is 21.9 Å². The number of amides is 4. The first-order valence-electron chi connectivity index (χ1n) is 15.7. The maximum absolute atomic E-state index is 13.6. The molecular weight excluding hydrogens is 692 g/mol. The number of nitrogens with zero attached hydrogens (tertiary/aromatic N) is 4. The highest BCUT2D eigenvalue weighted by atomic mass is 35.5. The van der Waals surface area contributed by atoms with Gasteiger partial charge in [0.05, 0.1) is 16.9 Å². The summed E-state index contributed by atoms with van der Waals surface area (Å²) in [6.07, 6.45) is 0.546. The Morgan fingerprint density at radius 2 is 1.48 bits per heavy atom. The maximum atomic E-state index is 13.6. The summed E-state index contributed by atoms with van der Waals surface area (Å²) in [5.74, 6) is -3.03. The van der Waals surface area contributed by atoms with Gasteiger partial charge in [0.2, 0.25) is 5.91 Å². The van der Waals surface area contributed by atoms with Crippen LogP contribution in [0.2, 0.25) is 5.02 Å². The standard InChI is InChI=1S/C36H33ClN8O7/c1-36(2,3)52-34(49)23-11-16-25(17-12-23)39-31(46)29(19-22-9-14-26(15-10-22)40-35(50)51-27-7-5-4-6-8-27)42-33(48)32(47)41-28-20-24(37)13-18-30(28)45-21-38-43-44-45/h4-18,20-21,29H,19H2,1-3H3,(H,39,46)(H,40,50)(H,41,47)(H,42,48)/t29-/m0/s1. The lowest BCUT2D eigenvalue weighted by atomic mass is 10.0. The van der Waals surface area contributed by atoms with Crippen LogP contribution in [-0.4, -0.2) is 61.6 Å². The van der Waals surface area contributed by atoms with Crippen molar-refractivity contribution in [3.63, 3.8) is 0 Å². The number of para-hydroxylation sites is 1. The average molecular weight is 725 g/mol. The summed E-state index contributed by atoms with van der Waals surface area (Å²) in [5, 5.41) is 21.6. The topological polar surface area (TPSA) is 196 Å². The molecule has 4 N–H and O–H groups in total. The van der Waals surface area contributed by atoms with Crippen molar-refractivity contribution in [1.82, 2.24) is 25.5 Å². The molecule has 5 aromatic rings. The number of aromatic nitrogens is 4. The van der Waals surface area contributed by atoms with Gasteiger partial charge in [-0.25, -0.2) is 9.59 Å². The second-order valence-electron chi connectivity index (χ2n) is 12.2. The average Bonchev–Trinajstić information content (AvgIpc) is 3.64. The molecule has 1 atom stereocenters. The summed E-state index contributed by atoms with van der Waals surface area (Å²) in [7, 11) is 0. The predicted molar refractivity (Wildman–Crippen MR) is 191 cm³/mol. The number of carbonyl (C=O) groups excluding carboxylic acids is 5. The van der Waals surface area contributed by atoms with Crippen molar-refractivity contribution in [2.75, 3.05) is 16.0 Å². The molecule has 0 aliphatic carbocycles. The lowest BCUT2D eigenvalue weighted by Crippen LogP contribution is -2.49. The third-order valence-corrected chi connectivity index (χ3v) is 7.25. The third kappa shape index (κ3) is 10.4. The Morgan fingerprint density at radius 3 is 2.13 bits per heavy atom. The maximum Gasteiger partial charge on any atom is 0.417 e. The van der Waals surface area contributed by atoms with Gasteiger partial charge in [0, 0.05) is 22.8 Å². The van der Waals surface area contributed by atoms with Crippen molar-refractivity contribution in [2.45, 2.75) is 38.8 Å². The van der Waals surface area contributed by atoms with Crippen LogP contribution < -0.4 is 26.0 Å². The minimum atomic E-state index is -1.26. The van der Waals surface area contributed by atoms with Crippen LogP contribution in [0.5, 0.6) is 5.75 Å². The molecule has 0 spiro atoms. The SMILES string of the molecule is CC(C)(C)OC(=O)c1ccc(NC(=O)[C@H](Cc2ccc(NC(=O)Oc3ccccc3)cc2)NC(=O)C(=O)Nc2cc(Cl)ccc2-n2cnnn2)cc1. The molecule has 0 unspecified atom stereocenters. The fourth-order valence-electron chi connectivity index (χ4n) is 4.65. The van der Waals surface area contributed by atoms with Crippen LogP contribution in [0.3, 0.4) is 0 Å². The fourth-order valence-corrected chi connectivity index (χ4v) is 4.82. The van der Waals surface area contributed by atoms with E-state index in [1.807, 2.05) is 0 Å². The van der Waals surface area contributed by atoms with Crippen LogP contribution >= 0.6 is 11.6 Å². The molecule has 15 nitrogen and oxygen atoms in total. The van der Waals surface area contributed by atoms with Crippen LogP contribution in [0.15, 0.2) is 103 Å². The van der Waals surface area contributed by atoms with Gasteiger partial charge in [0.25, 0.3) is 0 Å². The van der Waals surface area contributed by atoms with E-state index >= 15 is 0 Å². The Balaban J connectivity index is 1.30. The van der Waals surface area contributed by atoms with Crippen LogP contribution in [-0.2, 0) is 25.5 Å². The van der Waals surface area contributed by atoms with Gasteiger partial charge < -0.3 is 25.4 Å². The van der Waals surface area contributed by atoms with E-state index in [1.165, 1.54) is 41.3 Å². The molecule has 52 heavy (non-hydrogen) atoms. The first-order valence-corrected chi connectivity index (χ1v) is 16.1. The molecule has 0 fully saturated rings. The fraction of sp³-hybridized carbons (Fsp3) is 0.167. The Kier molecular flexibility index (Phi) is 11.6. The van der Waals surface area contributed by atoms with Crippen molar-refractivity contribution >= 4 is 58.4 Å². The Morgan fingerprint density at radius 1 is 0.808 bits per heavy atom. The van der Waals surface area contributed by atoms with E-state index in [2.05, 4.69) is 36.8 Å². The number of halogens is 1. The molecular formula is C36H33ClN8O7. The number of nitrogens with one attached hydrogen (secondary N) is 4. The van der Waals surface area contributed by atoms with Gasteiger partial charge in [0.1, 0.15) is 23.7 Å². The molecule has 1 heterocycles. The summed E-state index contributed by atoms with van der Waals surface area (Å²) in [5.41, 5.74) is 1.38. The van der Waals surface area contributed by atoms with Gasteiger partial charge in [-0.3, -0.25) is 19.7 Å². The summed E-state index contributed by atoms with van der Waals surface area (Å²) in [4.78, 5) is 64.8. The second kappa shape index (κ2) is 16.4. The molecule has 4 amide bonds. The van der Waals surface area contributed by atoms with Crippen molar-refractivity contribution in [3.05, 3.63) is 120 Å². The van der Waals surface area contributed by atoms with Gasteiger partial charge >= 0.3 is 23.9 Å². The number of tetrazole rings is 1. The van der Waals surface area contributed by atoms with Gasteiger partial charge in [-0.05, 0) is 103 Å². The number of hydrogen-bond donors (Lipinski definition) is 4. The smallest absolute Gasteiger partial charge is 0.417 e. The molecule has 266 valence electrons. The largest absolute Gasteiger partial charge is 0.456 e. The molecule has 0 saturated heterocycles. The van der Waals surface area contributed by atoms with Crippen molar-refractivity contribution in [1.29, 1.82) is 0 Å². The zero-order valence-electron chi connectivity index (χ0n) is 28.1. The lowest BCUT2D eigenvalue weighted by Gasteiger charge is -2.20. The Hall–Kier alpha value is -6.61. The third-order valence-electron chi connectivity index (χ3n) is 7.01. The molecule has 1 aromatic heterocycles. The van der Waals surface area contributed by atoms with Crippen LogP contribution in [0, 0.1) is 0 Å². The molecule has 0 aliphatic heterocycles. The normalized spacial score (nSPS) is 11.5. The van der Waals surface area contributed by atoms with Crippen LogP contribution in [0.25, 0.3) is 5.69 Å². The zero-order chi connectivity index (χ0) is 37.3. The molecule has 5 rings (SSSR count). The number of carbonyl (C=O) groups is 5. The number of rotatable bonds is 10. The van der Waals surface area contributed by atoms with Crippen molar-refractivity contribution in [3.8, 4) is 11.4 Å². The summed E-state index contributed by atoms with van der Waals surface area (Å²) in [6.45, 7) is 5.25. The molecule has 16 heteroatoms. The molecule has 0 radical (unpaired) electrons. The number of benzene rings is 4. The molecule has 0 bridgehead atoms. The quantitative estimate of drug-likeness (QED) is 0.110. The van der Waals surface area contributed by atoms with E-state index < -0.39 is 41.4 Å². The molecule has 0 aliphatic rings. The van der Waals surface area contributed by atoms with Gasteiger partial charge in [-0.2, -0.15) is 4.68 Å². The minimum Gasteiger partial charge on any atom is -0.456 e. The number of esters is 1. The second-order valence-corrected chi connectivity index (χ2v) is 12.6. The van der Waals surface area contributed by atoms with E-state index in [9.17, 15) is 24.0 Å². The van der Waals surface area contributed by atoms with E-state index in [4.69, 9.17) is 21.1 Å². The first-order chi connectivity index (χ1) is 24.8. The van der Waals surface area contributed by atoms with E-state index in [0.717, 1.165) is 0 Å². The summed E-state index contributed by atoms with van der Waals surface area (Å²) >= 11 is 6.14. The van der Waals surface area contributed by atoms with Gasteiger partial charge in [-0.15, -0.1) is 5.10 Å².